The summed E-state index contributed by atoms with van der Waals surface area (Å²) in [7, 11) is 3.49. The maximum absolute atomic E-state index is 5.11. The van der Waals surface area contributed by atoms with Crippen LogP contribution in [0, 0.1) is 0 Å². The summed E-state index contributed by atoms with van der Waals surface area (Å²) in [5, 5.41) is 10.8. The molecule has 0 aliphatic carbocycles. The molecular formula is C9H17N5OS. The number of methoxy groups -OCH3 is 1. The van der Waals surface area contributed by atoms with E-state index < -0.39 is 0 Å². The molecule has 0 bridgehead atoms. The lowest BCUT2D eigenvalue weighted by atomic mass is 10.4. The van der Waals surface area contributed by atoms with Gasteiger partial charge < -0.3 is 15.4 Å². The number of ether oxygens (including phenoxy) is 1. The van der Waals surface area contributed by atoms with Gasteiger partial charge in [-0.15, -0.1) is 0 Å². The first-order chi connectivity index (χ1) is 7.61. The number of nitrogens with one attached hydrogen (secondary N) is 2. The quantitative estimate of drug-likeness (QED) is 0.699. The van der Waals surface area contributed by atoms with Crippen molar-refractivity contribution in [2.45, 2.75) is 19.5 Å². The molecule has 0 aromatic carbocycles. The number of aryl methyl sites for hydroxylation is 1. The Morgan fingerprint density at radius 2 is 2.44 bits per heavy atom. The average Bonchev–Trinajstić information content (AvgIpc) is 2.61. The summed E-state index contributed by atoms with van der Waals surface area (Å²) in [4.78, 5) is 4.08. The molecule has 0 saturated carbocycles. The summed E-state index contributed by atoms with van der Waals surface area (Å²) in [5.74, 6) is 0.714. The maximum Gasteiger partial charge on any atom is 0.169 e. The van der Waals surface area contributed by atoms with Crippen LogP contribution in [0.5, 0.6) is 0 Å². The van der Waals surface area contributed by atoms with Crippen molar-refractivity contribution in [1.29, 1.82) is 0 Å². The Balaban J connectivity index is 2.25. The van der Waals surface area contributed by atoms with Crippen LogP contribution in [-0.4, -0.2) is 39.6 Å². The fourth-order valence-electron chi connectivity index (χ4n) is 1.19. The molecule has 1 aromatic heterocycles. The first-order valence-corrected chi connectivity index (χ1v) is 5.40. The Bertz CT molecular complexity index is 340. The van der Waals surface area contributed by atoms with E-state index in [9.17, 15) is 0 Å². The van der Waals surface area contributed by atoms with E-state index >= 15 is 0 Å². The normalized spacial score (nSPS) is 12.2. The van der Waals surface area contributed by atoms with E-state index in [-0.39, 0.29) is 6.04 Å². The van der Waals surface area contributed by atoms with Crippen LogP contribution >= 0.6 is 12.2 Å². The maximum atomic E-state index is 5.11. The minimum Gasteiger partial charge on any atom is -0.383 e. The van der Waals surface area contributed by atoms with E-state index in [4.69, 9.17) is 17.0 Å². The van der Waals surface area contributed by atoms with E-state index in [0.717, 1.165) is 0 Å². The molecule has 16 heavy (non-hydrogen) atoms. The van der Waals surface area contributed by atoms with Crippen LogP contribution in [-0.2, 0) is 18.3 Å². The molecule has 1 atom stereocenters. The predicted octanol–water partition coefficient (Wildman–Crippen LogP) is -0.186. The fraction of sp³-hybridized carbons (Fsp3) is 0.667. The fourth-order valence-corrected chi connectivity index (χ4v) is 1.46. The zero-order chi connectivity index (χ0) is 12.0. The summed E-state index contributed by atoms with van der Waals surface area (Å²) in [5.41, 5.74) is 0. The molecule has 6 nitrogen and oxygen atoms in total. The van der Waals surface area contributed by atoms with Gasteiger partial charge in [0.1, 0.15) is 6.33 Å². The molecule has 7 heteroatoms. The average molecular weight is 243 g/mol. The van der Waals surface area contributed by atoms with Gasteiger partial charge in [0.15, 0.2) is 10.9 Å². The van der Waals surface area contributed by atoms with Crippen LogP contribution in [0.1, 0.15) is 12.7 Å². The lowest BCUT2D eigenvalue weighted by molar-refractivity contribution is 0.179. The third-order valence-corrected chi connectivity index (χ3v) is 2.11. The third kappa shape index (κ3) is 4.54. The van der Waals surface area contributed by atoms with E-state index in [0.29, 0.717) is 24.1 Å². The molecular weight excluding hydrogens is 226 g/mol. The molecule has 90 valence electrons. The first kappa shape index (κ1) is 12.9. The van der Waals surface area contributed by atoms with Crippen molar-refractivity contribution >= 4 is 17.3 Å². The highest BCUT2D eigenvalue weighted by Crippen LogP contribution is 1.88. The number of rotatable bonds is 5. The summed E-state index contributed by atoms with van der Waals surface area (Å²) in [6.07, 6.45) is 1.65. The smallest absolute Gasteiger partial charge is 0.169 e. The zero-order valence-electron chi connectivity index (χ0n) is 9.73. The van der Waals surface area contributed by atoms with Crippen LogP contribution < -0.4 is 10.6 Å². The number of hydrogen-bond acceptors (Lipinski definition) is 4. The van der Waals surface area contributed by atoms with Crippen LogP contribution in [0.2, 0.25) is 0 Å². The van der Waals surface area contributed by atoms with Crippen molar-refractivity contribution in [3.8, 4) is 0 Å². The molecule has 2 N–H and O–H groups in total. The SMILES string of the molecule is COCC(C)NC(=S)NCc1ncn(C)n1. The number of aromatic nitrogens is 3. The van der Waals surface area contributed by atoms with Gasteiger partial charge in [-0.05, 0) is 19.1 Å². The van der Waals surface area contributed by atoms with Gasteiger partial charge in [-0.1, -0.05) is 0 Å². The molecule has 1 heterocycles. The van der Waals surface area contributed by atoms with Gasteiger partial charge in [0.05, 0.1) is 13.2 Å². The highest BCUT2D eigenvalue weighted by atomic mass is 32.1. The predicted molar refractivity (Wildman–Crippen MR) is 64.9 cm³/mol. The van der Waals surface area contributed by atoms with E-state index in [1.54, 1.807) is 18.1 Å². The van der Waals surface area contributed by atoms with Crippen molar-refractivity contribution < 1.29 is 4.74 Å². The van der Waals surface area contributed by atoms with E-state index in [2.05, 4.69) is 20.7 Å². The molecule has 0 aliphatic heterocycles. The van der Waals surface area contributed by atoms with Crippen molar-refractivity contribution in [2.24, 2.45) is 7.05 Å². The molecule has 0 radical (unpaired) electrons. The number of thiocarbonyl (C=S) groups is 1. The Labute approximate surface area is 100 Å². The molecule has 0 fully saturated rings. The van der Waals surface area contributed by atoms with E-state index in [1.165, 1.54) is 0 Å². The van der Waals surface area contributed by atoms with Crippen molar-refractivity contribution in [3.05, 3.63) is 12.2 Å². The zero-order valence-corrected chi connectivity index (χ0v) is 10.5. The van der Waals surface area contributed by atoms with Gasteiger partial charge in [0.2, 0.25) is 0 Å². The van der Waals surface area contributed by atoms with Crippen molar-refractivity contribution in [2.75, 3.05) is 13.7 Å². The second-order valence-electron chi connectivity index (χ2n) is 3.52. The molecule has 1 aromatic rings. The highest BCUT2D eigenvalue weighted by molar-refractivity contribution is 7.80. The van der Waals surface area contributed by atoms with Crippen molar-refractivity contribution in [3.63, 3.8) is 0 Å². The molecule has 0 aliphatic rings. The topological polar surface area (TPSA) is 64.0 Å². The van der Waals surface area contributed by atoms with Crippen molar-refractivity contribution in [1.82, 2.24) is 25.4 Å². The molecule has 1 rings (SSSR count). The van der Waals surface area contributed by atoms with Gasteiger partial charge >= 0.3 is 0 Å². The Kier molecular flexibility index (Phi) is 5.13. The lowest BCUT2D eigenvalue weighted by Gasteiger charge is -2.15. The second-order valence-corrected chi connectivity index (χ2v) is 3.93. The third-order valence-electron chi connectivity index (χ3n) is 1.85. The molecule has 0 amide bonds. The standard InChI is InChI=1S/C9H17N5OS/c1-7(5-15-3)12-9(16)10-4-8-11-6-14(2)13-8/h6-7H,4-5H2,1-3H3,(H2,10,12,16). The number of hydrogen-bond donors (Lipinski definition) is 2. The van der Waals surface area contributed by atoms with Crippen LogP contribution in [0.25, 0.3) is 0 Å². The Morgan fingerprint density at radius 1 is 1.69 bits per heavy atom. The highest BCUT2D eigenvalue weighted by Gasteiger charge is 2.04. The Morgan fingerprint density at radius 3 is 3.00 bits per heavy atom. The molecule has 0 saturated heterocycles. The Hall–Kier alpha value is -1.21. The lowest BCUT2D eigenvalue weighted by Crippen LogP contribution is -2.42. The second kappa shape index (κ2) is 6.39. The minimum absolute atomic E-state index is 0.182. The summed E-state index contributed by atoms with van der Waals surface area (Å²) >= 11 is 5.11. The largest absolute Gasteiger partial charge is 0.383 e. The monoisotopic (exact) mass is 243 g/mol. The summed E-state index contributed by atoms with van der Waals surface area (Å²) < 4.78 is 6.65. The van der Waals surface area contributed by atoms with Gasteiger partial charge in [0, 0.05) is 20.2 Å². The number of nitrogens with zero attached hydrogens (tertiary/aromatic N) is 3. The summed E-state index contributed by atoms with van der Waals surface area (Å²) in [6, 6.07) is 0.182. The van der Waals surface area contributed by atoms with Crippen LogP contribution in [0.3, 0.4) is 0 Å². The van der Waals surface area contributed by atoms with Gasteiger partial charge in [-0.25, -0.2) is 4.98 Å². The van der Waals surface area contributed by atoms with Crippen LogP contribution in [0.4, 0.5) is 0 Å². The molecule has 0 spiro atoms. The summed E-state index contributed by atoms with van der Waals surface area (Å²) in [6.45, 7) is 3.13. The van der Waals surface area contributed by atoms with Gasteiger partial charge in [0.25, 0.3) is 0 Å². The molecule has 1 unspecified atom stereocenters. The van der Waals surface area contributed by atoms with Crippen LogP contribution in [0.15, 0.2) is 6.33 Å². The van der Waals surface area contributed by atoms with E-state index in [1.807, 2.05) is 14.0 Å². The first-order valence-electron chi connectivity index (χ1n) is 4.99. The van der Waals surface area contributed by atoms with Gasteiger partial charge in [-0.2, -0.15) is 5.10 Å². The van der Waals surface area contributed by atoms with Gasteiger partial charge in [-0.3, -0.25) is 4.68 Å². The minimum atomic E-state index is 0.182.